The minimum Gasteiger partial charge on any atom is -0.328 e. The maximum absolute atomic E-state index is 5.83. The molecular weight excluding hydrogens is 172 g/mol. The van der Waals surface area contributed by atoms with Crippen LogP contribution in [0.2, 0.25) is 0 Å². The number of piperidine rings is 1. The van der Waals surface area contributed by atoms with Crippen LogP contribution in [0, 0.1) is 5.41 Å². The van der Waals surface area contributed by atoms with Gasteiger partial charge in [0.15, 0.2) is 0 Å². The summed E-state index contributed by atoms with van der Waals surface area (Å²) in [5.74, 6) is 0. The molecule has 1 aliphatic rings. The van der Waals surface area contributed by atoms with Crippen molar-refractivity contribution in [2.24, 2.45) is 11.1 Å². The first-order valence-electron chi connectivity index (χ1n) is 5.90. The zero-order valence-electron chi connectivity index (χ0n) is 10.2. The van der Waals surface area contributed by atoms with E-state index >= 15 is 0 Å². The zero-order chi connectivity index (χ0) is 10.8. The second-order valence-electron chi connectivity index (χ2n) is 5.76. The van der Waals surface area contributed by atoms with Crippen LogP contribution in [0.15, 0.2) is 0 Å². The zero-order valence-corrected chi connectivity index (χ0v) is 10.2. The van der Waals surface area contributed by atoms with Crippen LogP contribution in [0.1, 0.15) is 47.0 Å². The van der Waals surface area contributed by atoms with Gasteiger partial charge in [-0.05, 0) is 51.6 Å². The lowest BCUT2D eigenvalue weighted by Gasteiger charge is -2.40. The maximum atomic E-state index is 5.83. The molecule has 84 valence electrons. The van der Waals surface area contributed by atoms with Gasteiger partial charge in [-0.3, -0.25) is 0 Å². The van der Waals surface area contributed by atoms with Crippen LogP contribution < -0.4 is 5.73 Å². The summed E-state index contributed by atoms with van der Waals surface area (Å²) < 4.78 is 0. The molecule has 0 radical (unpaired) electrons. The van der Waals surface area contributed by atoms with E-state index in [-0.39, 0.29) is 0 Å². The fourth-order valence-corrected chi connectivity index (χ4v) is 2.26. The first-order valence-corrected chi connectivity index (χ1v) is 5.90. The highest BCUT2D eigenvalue weighted by molar-refractivity contribution is 4.82. The van der Waals surface area contributed by atoms with Gasteiger partial charge < -0.3 is 10.6 Å². The Labute approximate surface area is 88.8 Å². The Hall–Kier alpha value is -0.0800. The molecular formula is C12H26N2. The summed E-state index contributed by atoms with van der Waals surface area (Å²) in [6.07, 6.45) is 3.78. The molecule has 1 heterocycles. The number of hydrogen-bond acceptors (Lipinski definition) is 2. The summed E-state index contributed by atoms with van der Waals surface area (Å²) in [7, 11) is 0. The molecule has 2 atom stereocenters. The summed E-state index contributed by atoms with van der Waals surface area (Å²) in [6, 6.07) is 0.992. The summed E-state index contributed by atoms with van der Waals surface area (Å²) in [5, 5.41) is 0. The molecule has 0 aliphatic carbocycles. The van der Waals surface area contributed by atoms with Crippen LogP contribution in [0.4, 0.5) is 0 Å². The highest BCUT2D eigenvalue weighted by Gasteiger charge is 2.27. The standard InChI is InChI=1S/C12H26N2/c1-10(13)9-11(2)14-7-5-12(3,4)6-8-14/h10-11H,5-9,13H2,1-4H3. The molecule has 0 aromatic heterocycles. The molecule has 2 unspecified atom stereocenters. The van der Waals surface area contributed by atoms with Gasteiger partial charge in [-0.15, -0.1) is 0 Å². The van der Waals surface area contributed by atoms with Crippen LogP contribution in [-0.4, -0.2) is 30.1 Å². The van der Waals surface area contributed by atoms with E-state index in [1.54, 1.807) is 0 Å². The monoisotopic (exact) mass is 198 g/mol. The van der Waals surface area contributed by atoms with E-state index in [0.29, 0.717) is 17.5 Å². The van der Waals surface area contributed by atoms with Gasteiger partial charge in [0.25, 0.3) is 0 Å². The summed E-state index contributed by atoms with van der Waals surface area (Å²) in [5.41, 5.74) is 6.39. The van der Waals surface area contributed by atoms with Gasteiger partial charge >= 0.3 is 0 Å². The highest BCUT2D eigenvalue weighted by atomic mass is 15.2. The molecule has 0 amide bonds. The lowest BCUT2D eigenvalue weighted by atomic mass is 9.82. The van der Waals surface area contributed by atoms with Crippen molar-refractivity contribution < 1.29 is 0 Å². The molecule has 0 spiro atoms. The molecule has 0 bridgehead atoms. The molecule has 1 aliphatic heterocycles. The van der Waals surface area contributed by atoms with Gasteiger partial charge in [0.2, 0.25) is 0 Å². The second kappa shape index (κ2) is 4.63. The van der Waals surface area contributed by atoms with Crippen LogP contribution in [0.5, 0.6) is 0 Å². The Balaban J connectivity index is 2.34. The quantitative estimate of drug-likeness (QED) is 0.753. The van der Waals surface area contributed by atoms with E-state index in [2.05, 4.69) is 32.6 Å². The topological polar surface area (TPSA) is 29.3 Å². The molecule has 14 heavy (non-hydrogen) atoms. The summed E-state index contributed by atoms with van der Waals surface area (Å²) in [4.78, 5) is 2.59. The Bertz CT molecular complexity index is 165. The summed E-state index contributed by atoms with van der Waals surface area (Å²) >= 11 is 0. The van der Waals surface area contributed by atoms with Crippen molar-refractivity contribution in [1.29, 1.82) is 0 Å². The Morgan fingerprint density at radius 2 is 1.71 bits per heavy atom. The molecule has 0 aromatic rings. The molecule has 1 rings (SSSR count). The first-order chi connectivity index (χ1) is 6.41. The number of hydrogen-bond donors (Lipinski definition) is 1. The van der Waals surface area contributed by atoms with E-state index < -0.39 is 0 Å². The molecule has 1 saturated heterocycles. The van der Waals surface area contributed by atoms with Gasteiger partial charge in [0, 0.05) is 12.1 Å². The molecule has 0 saturated carbocycles. The largest absolute Gasteiger partial charge is 0.328 e. The highest BCUT2D eigenvalue weighted by Crippen LogP contribution is 2.30. The SMILES string of the molecule is CC(N)CC(C)N1CCC(C)(C)CC1. The molecule has 2 heteroatoms. The van der Waals surface area contributed by atoms with Crippen LogP contribution in [0.25, 0.3) is 0 Å². The normalized spacial score (nSPS) is 27.2. The number of rotatable bonds is 3. The first kappa shape index (κ1) is 12.0. The van der Waals surface area contributed by atoms with Crippen molar-refractivity contribution >= 4 is 0 Å². The average Bonchev–Trinajstić information content (AvgIpc) is 2.02. The van der Waals surface area contributed by atoms with Gasteiger partial charge in [-0.1, -0.05) is 13.8 Å². The van der Waals surface area contributed by atoms with E-state index in [1.807, 2.05) is 0 Å². The summed E-state index contributed by atoms with van der Waals surface area (Å²) in [6.45, 7) is 11.7. The Morgan fingerprint density at radius 1 is 1.21 bits per heavy atom. The maximum Gasteiger partial charge on any atom is 0.00815 e. The van der Waals surface area contributed by atoms with Crippen molar-refractivity contribution in [3.05, 3.63) is 0 Å². The molecule has 0 aromatic carbocycles. The van der Waals surface area contributed by atoms with E-state index in [0.717, 1.165) is 6.42 Å². The van der Waals surface area contributed by atoms with E-state index in [9.17, 15) is 0 Å². The smallest absolute Gasteiger partial charge is 0.00815 e. The van der Waals surface area contributed by atoms with E-state index in [1.165, 1.54) is 25.9 Å². The van der Waals surface area contributed by atoms with Crippen molar-refractivity contribution in [3.8, 4) is 0 Å². The van der Waals surface area contributed by atoms with E-state index in [4.69, 9.17) is 5.73 Å². The van der Waals surface area contributed by atoms with Crippen molar-refractivity contribution in [2.75, 3.05) is 13.1 Å². The number of likely N-dealkylation sites (tertiary alicyclic amines) is 1. The minimum absolute atomic E-state index is 0.333. The Morgan fingerprint density at radius 3 is 2.14 bits per heavy atom. The average molecular weight is 198 g/mol. The minimum atomic E-state index is 0.333. The van der Waals surface area contributed by atoms with Crippen molar-refractivity contribution in [3.63, 3.8) is 0 Å². The van der Waals surface area contributed by atoms with Crippen LogP contribution in [0.3, 0.4) is 0 Å². The fourth-order valence-electron chi connectivity index (χ4n) is 2.26. The lowest BCUT2D eigenvalue weighted by molar-refractivity contribution is 0.0946. The molecule has 2 N–H and O–H groups in total. The fraction of sp³-hybridized carbons (Fsp3) is 1.00. The Kier molecular flexibility index (Phi) is 3.96. The third-order valence-corrected chi connectivity index (χ3v) is 3.49. The van der Waals surface area contributed by atoms with Gasteiger partial charge in [0.1, 0.15) is 0 Å². The third-order valence-electron chi connectivity index (χ3n) is 3.49. The third kappa shape index (κ3) is 3.58. The predicted molar refractivity (Wildman–Crippen MR) is 62.3 cm³/mol. The number of nitrogens with two attached hydrogens (primary N) is 1. The van der Waals surface area contributed by atoms with Crippen molar-refractivity contribution in [2.45, 2.75) is 59.0 Å². The van der Waals surface area contributed by atoms with Gasteiger partial charge in [-0.2, -0.15) is 0 Å². The van der Waals surface area contributed by atoms with Crippen molar-refractivity contribution in [1.82, 2.24) is 4.90 Å². The molecule has 1 fully saturated rings. The molecule has 2 nitrogen and oxygen atoms in total. The number of nitrogens with zero attached hydrogens (tertiary/aromatic N) is 1. The second-order valence-corrected chi connectivity index (χ2v) is 5.76. The van der Waals surface area contributed by atoms with Crippen LogP contribution >= 0.6 is 0 Å². The van der Waals surface area contributed by atoms with Gasteiger partial charge in [-0.25, -0.2) is 0 Å². The lowest BCUT2D eigenvalue weighted by Crippen LogP contribution is -2.44. The van der Waals surface area contributed by atoms with Crippen LogP contribution in [-0.2, 0) is 0 Å². The van der Waals surface area contributed by atoms with Gasteiger partial charge in [0.05, 0.1) is 0 Å². The predicted octanol–water partition coefficient (Wildman–Crippen LogP) is 2.23.